The van der Waals surface area contributed by atoms with E-state index in [1.165, 1.54) is 14.2 Å². The van der Waals surface area contributed by atoms with Gasteiger partial charge in [0.25, 0.3) is 0 Å². The fourth-order valence-corrected chi connectivity index (χ4v) is 1.74. The zero-order valence-corrected chi connectivity index (χ0v) is 9.82. The third-order valence-electron chi connectivity index (χ3n) is 2.19. The third kappa shape index (κ3) is 2.46. The first kappa shape index (κ1) is 12.8. The second-order valence-corrected chi connectivity index (χ2v) is 3.50. The lowest BCUT2D eigenvalue weighted by Gasteiger charge is -2.15. The van der Waals surface area contributed by atoms with Crippen LogP contribution in [-0.2, 0) is 4.79 Å². The van der Waals surface area contributed by atoms with Crippen LogP contribution in [0.2, 0.25) is 5.02 Å². The molecule has 0 aliphatic heterocycles. The molecule has 0 aliphatic carbocycles. The summed E-state index contributed by atoms with van der Waals surface area (Å²) in [5.74, 6) is 0.834. The first-order chi connectivity index (χ1) is 7.65. The van der Waals surface area contributed by atoms with E-state index in [0.29, 0.717) is 23.3 Å². The number of ether oxygens (including phenoxy) is 2. The van der Waals surface area contributed by atoms with Gasteiger partial charge in [-0.15, -0.1) is 0 Å². The zero-order valence-electron chi connectivity index (χ0n) is 9.07. The van der Waals surface area contributed by atoms with Gasteiger partial charge < -0.3 is 19.4 Å². The van der Waals surface area contributed by atoms with Gasteiger partial charge in [-0.3, -0.25) is 0 Å². The molecule has 1 aromatic rings. The van der Waals surface area contributed by atoms with Crippen molar-refractivity contribution in [1.29, 1.82) is 0 Å². The lowest BCUT2D eigenvalue weighted by atomic mass is 10.1. The molecule has 1 unspecified atom stereocenters. The molecule has 5 heteroatoms. The summed E-state index contributed by atoms with van der Waals surface area (Å²) in [6, 6.07) is 3.24. The van der Waals surface area contributed by atoms with Crippen molar-refractivity contribution in [3.8, 4) is 11.5 Å². The topological polar surface area (TPSA) is 55.8 Å². The van der Waals surface area contributed by atoms with E-state index in [1.807, 2.05) is 0 Å². The first-order valence-electron chi connectivity index (χ1n) is 4.67. The number of benzene rings is 1. The van der Waals surface area contributed by atoms with Crippen LogP contribution in [0.4, 0.5) is 0 Å². The number of aliphatic hydroxyl groups is 1. The second kappa shape index (κ2) is 5.72. The number of hydrogen-bond acceptors (Lipinski definition) is 4. The number of aliphatic hydroxyl groups excluding tert-OH is 1. The maximum Gasteiger partial charge on any atom is 0.179 e. The number of methoxy groups -OCH3 is 2. The van der Waals surface area contributed by atoms with E-state index < -0.39 is 6.10 Å². The Labute approximate surface area is 98.7 Å². The quantitative estimate of drug-likeness (QED) is 0.805. The van der Waals surface area contributed by atoms with Crippen LogP contribution in [0.1, 0.15) is 18.1 Å². The van der Waals surface area contributed by atoms with Gasteiger partial charge >= 0.3 is 0 Å². The van der Waals surface area contributed by atoms with E-state index in [1.54, 1.807) is 12.1 Å². The maximum absolute atomic E-state index is 10.3. The van der Waals surface area contributed by atoms with Gasteiger partial charge in [-0.05, 0) is 6.07 Å². The summed E-state index contributed by atoms with van der Waals surface area (Å²) in [4.78, 5) is 10.3. The fourth-order valence-electron chi connectivity index (χ4n) is 1.38. The van der Waals surface area contributed by atoms with Crippen molar-refractivity contribution in [3.05, 3.63) is 22.7 Å². The van der Waals surface area contributed by atoms with Crippen LogP contribution in [0.3, 0.4) is 0 Å². The van der Waals surface area contributed by atoms with Gasteiger partial charge in [0, 0.05) is 12.0 Å². The standard InChI is InChI=1S/C11H13ClO4/c1-15-9-4-3-7(8(14)5-6-13)10(12)11(9)16-2/h3-4,6,8,14H,5H2,1-2H3. The molecule has 1 atom stereocenters. The summed E-state index contributed by atoms with van der Waals surface area (Å²) in [7, 11) is 2.95. The molecule has 0 aliphatic rings. The van der Waals surface area contributed by atoms with Crippen LogP contribution >= 0.6 is 11.6 Å². The summed E-state index contributed by atoms with van der Waals surface area (Å²) < 4.78 is 10.1. The molecule has 0 spiro atoms. The number of rotatable bonds is 5. The summed E-state index contributed by atoms with van der Waals surface area (Å²) in [5, 5.41) is 9.93. The minimum absolute atomic E-state index is 0.00476. The fraction of sp³-hybridized carbons (Fsp3) is 0.364. The molecule has 0 heterocycles. The average molecular weight is 245 g/mol. The van der Waals surface area contributed by atoms with Crippen molar-refractivity contribution in [1.82, 2.24) is 0 Å². The van der Waals surface area contributed by atoms with Gasteiger partial charge in [0.1, 0.15) is 6.29 Å². The van der Waals surface area contributed by atoms with Crippen molar-refractivity contribution in [2.24, 2.45) is 0 Å². The molecule has 1 rings (SSSR count). The van der Waals surface area contributed by atoms with Gasteiger partial charge in [-0.2, -0.15) is 0 Å². The Morgan fingerprint density at radius 3 is 2.62 bits per heavy atom. The Balaban J connectivity index is 3.17. The van der Waals surface area contributed by atoms with Gasteiger partial charge in [0.2, 0.25) is 0 Å². The number of carbonyl (C=O) groups is 1. The van der Waals surface area contributed by atoms with Gasteiger partial charge in [-0.1, -0.05) is 17.7 Å². The molecule has 1 N–H and O–H groups in total. The molecule has 4 nitrogen and oxygen atoms in total. The number of aldehydes is 1. The number of halogens is 1. The van der Waals surface area contributed by atoms with Crippen molar-refractivity contribution in [3.63, 3.8) is 0 Å². The highest BCUT2D eigenvalue weighted by atomic mass is 35.5. The van der Waals surface area contributed by atoms with Crippen LogP contribution < -0.4 is 9.47 Å². The number of carbonyl (C=O) groups excluding carboxylic acids is 1. The van der Waals surface area contributed by atoms with Gasteiger partial charge in [0.05, 0.1) is 25.3 Å². The minimum atomic E-state index is -0.926. The molecule has 88 valence electrons. The number of hydrogen-bond donors (Lipinski definition) is 1. The maximum atomic E-state index is 10.3. The summed E-state index contributed by atoms with van der Waals surface area (Å²) in [6.07, 6.45) is -0.294. The van der Waals surface area contributed by atoms with E-state index in [9.17, 15) is 9.90 Å². The molecule has 0 saturated heterocycles. The summed E-state index contributed by atoms with van der Waals surface area (Å²) in [6.45, 7) is 0. The molecule has 0 saturated carbocycles. The molecule has 0 amide bonds. The SMILES string of the molecule is COc1ccc(C(O)CC=O)c(Cl)c1OC. The van der Waals surface area contributed by atoms with Crippen LogP contribution in [-0.4, -0.2) is 25.6 Å². The molecular weight excluding hydrogens is 232 g/mol. The van der Waals surface area contributed by atoms with E-state index in [2.05, 4.69) is 0 Å². The molecule has 1 aromatic carbocycles. The zero-order chi connectivity index (χ0) is 12.1. The predicted octanol–water partition coefficient (Wildman–Crippen LogP) is 1.98. The Kier molecular flexibility index (Phi) is 4.58. The Bertz CT molecular complexity index is 378. The molecule has 16 heavy (non-hydrogen) atoms. The smallest absolute Gasteiger partial charge is 0.179 e. The minimum Gasteiger partial charge on any atom is -0.493 e. The molecule has 0 aromatic heterocycles. The van der Waals surface area contributed by atoms with Crippen LogP contribution in [0.25, 0.3) is 0 Å². The Hall–Kier alpha value is -1.26. The Morgan fingerprint density at radius 1 is 1.44 bits per heavy atom. The lowest BCUT2D eigenvalue weighted by molar-refractivity contribution is -0.109. The highest BCUT2D eigenvalue weighted by Gasteiger charge is 2.18. The van der Waals surface area contributed by atoms with Crippen LogP contribution in [0.15, 0.2) is 12.1 Å². The largest absolute Gasteiger partial charge is 0.493 e. The Morgan fingerprint density at radius 2 is 2.12 bits per heavy atom. The first-order valence-corrected chi connectivity index (χ1v) is 5.05. The normalized spacial score (nSPS) is 12.0. The molecule has 0 fully saturated rings. The van der Waals surface area contributed by atoms with Crippen molar-refractivity contribution in [2.75, 3.05) is 14.2 Å². The van der Waals surface area contributed by atoms with E-state index >= 15 is 0 Å². The van der Waals surface area contributed by atoms with Crippen LogP contribution in [0.5, 0.6) is 11.5 Å². The molecule has 0 bridgehead atoms. The molecular formula is C11H13ClO4. The third-order valence-corrected chi connectivity index (χ3v) is 2.58. The second-order valence-electron chi connectivity index (χ2n) is 3.12. The lowest BCUT2D eigenvalue weighted by Crippen LogP contribution is -2.01. The summed E-state index contributed by atoms with van der Waals surface area (Å²) >= 11 is 6.04. The monoisotopic (exact) mass is 244 g/mol. The van der Waals surface area contributed by atoms with Crippen LogP contribution in [0, 0.1) is 0 Å². The van der Waals surface area contributed by atoms with Gasteiger partial charge in [0.15, 0.2) is 11.5 Å². The average Bonchev–Trinajstić information content (AvgIpc) is 2.28. The highest BCUT2D eigenvalue weighted by Crippen LogP contribution is 2.39. The van der Waals surface area contributed by atoms with E-state index in [4.69, 9.17) is 21.1 Å². The van der Waals surface area contributed by atoms with Crippen molar-refractivity contribution < 1.29 is 19.4 Å². The highest BCUT2D eigenvalue weighted by molar-refractivity contribution is 6.33. The summed E-state index contributed by atoms with van der Waals surface area (Å²) in [5.41, 5.74) is 0.450. The van der Waals surface area contributed by atoms with Gasteiger partial charge in [-0.25, -0.2) is 0 Å². The van der Waals surface area contributed by atoms with Crippen molar-refractivity contribution >= 4 is 17.9 Å². The van der Waals surface area contributed by atoms with Crippen molar-refractivity contribution in [2.45, 2.75) is 12.5 Å². The molecule has 0 radical (unpaired) electrons. The van der Waals surface area contributed by atoms with E-state index in [-0.39, 0.29) is 11.4 Å². The van der Waals surface area contributed by atoms with E-state index in [0.717, 1.165) is 0 Å². The predicted molar refractivity (Wildman–Crippen MR) is 60.2 cm³/mol.